The van der Waals surface area contributed by atoms with Gasteiger partial charge in [0.1, 0.15) is 6.10 Å². The largest absolute Gasteiger partial charge is 0.461 e. The van der Waals surface area contributed by atoms with Crippen LogP contribution in [0.25, 0.3) is 0 Å². The monoisotopic (exact) mass is 380 g/mol. The number of hydrogen-bond donors (Lipinski definition) is 2. The number of likely N-dealkylation sites (tertiary alicyclic amines) is 1. The third-order valence-corrected chi connectivity index (χ3v) is 4.60. The van der Waals surface area contributed by atoms with E-state index in [4.69, 9.17) is 4.74 Å². The van der Waals surface area contributed by atoms with E-state index >= 15 is 0 Å². The molecule has 0 unspecified atom stereocenters. The molecular weight excluding hydrogens is 348 g/mol. The quantitative estimate of drug-likeness (QED) is 0.396. The molecule has 0 radical (unpaired) electrons. The Kier molecular flexibility index (Phi) is 10.4. The zero-order valence-corrected chi connectivity index (χ0v) is 16.2. The number of rotatable bonds is 12. The van der Waals surface area contributed by atoms with E-state index in [1.54, 1.807) is 24.0 Å². The summed E-state index contributed by atoms with van der Waals surface area (Å²) < 4.78 is 5.21. The number of aliphatic hydroxyl groups excluding tert-OH is 1. The van der Waals surface area contributed by atoms with Crippen LogP contribution in [-0.4, -0.2) is 59.6 Å². The average Bonchev–Trinajstić information content (AvgIpc) is 3.12. The van der Waals surface area contributed by atoms with Gasteiger partial charge in [0.2, 0.25) is 11.8 Å². The van der Waals surface area contributed by atoms with Crippen LogP contribution in [0.15, 0.2) is 25.3 Å². The molecule has 7 nitrogen and oxygen atoms in total. The van der Waals surface area contributed by atoms with Crippen molar-refractivity contribution in [3.8, 4) is 0 Å². The van der Waals surface area contributed by atoms with Crippen LogP contribution in [0.2, 0.25) is 0 Å². The molecule has 0 saturated carbocycles. The Morgan fingerprint density at radius 2 is 2.07 bits per heavy atom. The molecule has 2 N–H and O–H groups in total. The highest BCUT2D eigenvalue weighted by atomic mass is 16.5. The molecule has 1 heterocycles. The number of nitrogens with one attached hydrogen (secondary N) is 1. The molecule has 0 aliphatic carbocycles. The Morgan fingerprint density at radius 3 is 2.70 bits per heavy atom. The van der Waals surface area contributed by atoms with Crippen LogP contribution < -0.4 is 5.32 Å². The summed E-state index contributed by atoms with van der Waals surface area (Å²) in [5, 5.41) is 12.1. The molecule has 1 saturated heterocycles. The van der Waals surface area contributed by atoms with Crippen molar-refractivity contribution < 1.29 is 24.2 Å². The maximum atomic E-state index is 12.5. The summed E-state index contributed by atoms with van der Waals surface area (Å²) >= 11 is 0. The van der Waals surface area contributed by atoms with E-state index in [0.29, 0.717) is 19.4 Å². The Labute approximate surface area is 161 Å². The summed E-state index contributed by atoms with van der Waals surface area (Å²) in [5.74, 6) is -1.26. The van der Waals surface area contributed by atoms with Crippen LogP contribution in [-0.2, 0) is 19.1 Å². The summed E-state index contributed by atoms with van der Waals surface area (Å²) in [7, 11) is 0. The van der Waals surface area contributed by atoms with Crippen molar-refractivity contribution >= 4 is 17.8 Å². The molecule has 0 aromatic heterocycles. The van der Waals surface area contributed by atoms with Crippen molar-refractivity contribution in [3.63, 3.8) is 0 Å². The summed E-state index contributed by atoms with van der Waals surface area (Å²) in [6, 6.07) is -0.153. The first-order valence-electron chi connectivity index (χ1n) is 9.52. The second kappa shape index (κ2) is 12.3. The highest BCUT2D eigenvalue weighted by Gasteiger charge is 2.31. The van der Waals surface area contributed by atoms with Gasteiger partial charge in [-0.2, -0.15) is 0 Å². The van der Waals surface area contributed by atoms with Crippen LogP contribution in [0.5, 0.6) is 0 Å². The van der Waals surface area contributed by atoms with Crippen molar-refractivity contribution in [2.24, 2.45) is 5.92 Å². The summed E-state index contributed by atoms with van der Waals surface area (Å²) in [6.45, 7) is 9.66. The zero-order valence-electron chi connectivity index (χ0n) is 16.2. The molecule has 0 bridgehead atoms. The fraction of sp³-hybridized carbons (Fsp3) is 0.650. The second-order valence-corrected chi connectivity index (χ2v) is 6.86. The van der Waals surface area contributed by atoms with Crippen molar-refractivity contribution in [2.75, 3.05) is 19.7 Å². The first-order valence-corrected chi connectivity index (χ1v) is 9.52. The molecule has 7 heteroatoms. The van der Waals surface area contributed by atoms with Gasteiger partial charge >= 0.3 is 5.97 Å². The molecule has 0 spiro atoms. The van der Waals surface area contributed by atoms with Crippen LogP contribution in [0, 0.1) is 5.92 Å². The SMILES string of the molecule is C=CCCC(=O)O[C@@H](C)CNC(=O)[C@H](CC=C)CC(=O)N1CCC[C@H]1CO. The lowest BCUT2D eigenvalue weighted by atomic mass is 9.99. The van der Waals surface area contributed by atoms with E-state index < -0.39 is 12.0 Å². The van der Waals surface area contributed by atoms with Gasteiger partial charge in [0, 0.05) is 19.4 Å². The predicted molar refractivity (Wildman–Crippen MR) is 103 cm³/mol. The number of esters is 1. The van der Waals surface area contributed by atoms with Crippen LogP contribution in [0.3, 0.4) is 0 Å². The van der Waals surface area contributed by atoms with E-state index in [9.17, 15) is 19.5 Å². The lowest BCUT2D eigenvalue weighted by Crippen LogP contribution is -2.42. The second-order valence-electron chi connectivity index (χ2n) is 6.86. The average molecular weight is 380 g/mol. The molecule has 3 atom stereocenters. The fourth-order valence-electron chi connectivity index (χ4n) is 3.10. The molecule has 27 heavy (non-hydrogen) atoms. The Bertz CT molecular complexity index is 534. The number of hydrogen-bond acceptors (Lipinski definition) is 5. The summed E-state index contributed by atoms with van der Waals surface area (Å²) in [5.41, 5.74) is 0. The number of amides is 2. The molecule has 1 aliphatic rings. The molecule has 1 fully saturated rings. The Morgan fingerprint density at radius 1 is 1.33 bits per heavy atom. The van der Waals surface area contributed by atoms with Gasteiger partial charge in [-0.25, -0.2) is 0 Å². The van der Waals surface area contributed by atoms with Crippen molar-refractivity contribution in [1.82, 2.24) is 10.2 Å². The maximum Gasteiger partial charge on any atom is 0.306 e. The van der Waals surface area contributed by atoms with Gasteiger partial charge in [0.25, 0.3) is 0 Å². The highest BCUT2D eigenvalue weighted by molar-refractivity contribution is 5.86. The molecule has 152 valence electrons. The van der Waals surface area contributed by atoms with E-state index in [1.165, 1.54) is 0 Å². The third kappa shape index (κ3) is 7.95. The Balaban J connectivity index is 2.49. The lowest BCUT2D eigenvalue weighted by Gasteiger charge is -2.25. The molecule has 0 aromatic carbocycles. The standard InChI is InChI=1S/C20H32N2O5/c1-4-6-10-19(25)27-15(3)13-21-20(26)16(8-5-2)12-18(24)22-11-7-9-17(22)14-23/h4-5,15-17,23H,1-2,6-14H2,3H3,(H,21,26)/t15-,16+,17-/m0/s1. The van der Waals surface area contributed by atoms with E-state index in [2.05, 4.69) is 18.5 Å². The number of allylic oxidation sites excluding steroid dienone is 2. The minimum absolute atomic E-state index is 0.0567. The van der Waals surface area contributed by atoms with Gasteiger partial charge in [-0.15, -0.1) is 13.2 Å². The van der Waals surface area contributed by atoms with Gasteiger partial charge < -0.3 is 20.1 Å². The number of ether oxygens (including phenoxy) is 1. The minimum Gasteiger partial charge on any atom is -0.461 e. The van der Waals surface area contributed by atoms with E-state index in [1.807, 2.05) is 0 Å². The molecule has 1 rings (SSSR count). The van der Waals surface area contributed by atoms with E-state index in [0.717, 1.165) is 12.8 Å². The van der Waals surface area contributed by atoms with Gasteiger partial charge in [-0.1, -0.05) is 12.2 Å². The predicted octanol–water partition coefficient (Wildman–Crippen LogP) is 1.57. The van der Waals surface area contributed by atoms with Crippen LogP contribution in [0.1, 0.15) is 45.4 Å². The van der Waals surface area contributed by atoms with Gasteiger partial charge in [-0.05, 0) is 32.6 Å². The first kappa shape index (κ1) is 22.9. The minimum atomic E-state index is -0.529. The van der Waals surface area contributed by atoms with Crippen LogP contribution >= 0.6 is 0 Å². The smallest absolute Gasteiger partial charge is 0.306 e. The third-order valence-electron chi connectivity index (χ3n) is 4.60. The zero-order chi connectivity index (χ0) is 20.2. The van der Waals surface area contributed by atoms with Gasteiger partial charge in [-0.3, -0.25) is 14.4 Å². The number of carbonyl (C=O) groups excluding carboxylic acids is 3. The molecular formula is C20H32N2O5. The van der Waals surface area contributed by atoms with Gasteiger partial charge in [0.05, 0.1) is 25.1 Å². The molecule has 2 amide bonds. The number of nitrogens with zero attached hydrogens (tertiary/aromatic N) is 1. The van der Waals surface area contributed by atoms with Crippen LogP contribution in [0.4, 0.5) is 0 Å². The summed E-state index contributed by atoms with van der Waals surface area (Å²) in [6.07, 6.45) is 5.72. The number of aliphatic hydroxyl groups is 1. The molecule has 0 aromatic rings. The van der Waals surface area contributed by atoms with Crippen molar-refractivity contribution in [1.29, 1.82) is 0 Å². The fourth-order valence-corrected chi connectivity index (χ4v) is 3.10. The normalized spacial score (nSPS) is 18.4. The van der Waals surface area contributed by atoms with Crippen molar-refractivity contribution in [3.05, 3.63) is 25.3 Å². The van der Waals surface area contributed by atoms with Gasteiger partial charge in [0.15, 0.2) is 0 Å². The summed E-state index contributed by atoms with van der Waals surface area (Å²) in [4.78, 5) is 38.2. The lowest BCUT2D eigenvalue weighted by molar-refractivity contribution is -0.148. The van der Waals surface area contributed by atoms with E-state index in [-0.39, 0.29) is 49.8 Å². The Hall–Kier alpha value is -2.15. The number of carbonyl (C=O) groups is 3. The first-order chi connectivity index (χ1) is 12.9. The maximum absolute atomic E-state index is 12.5. The van der Waals surface area contributed by atoms with Crippen molar-refractivity contribution in [2.45, 2.75) is 57.6 Å². The molecule has 1 aliphatic heterocycles. The topological polar surface area (TPSA) is 95.9 Å². The highest BCUT2D eigenvalue weighted by Crippen LogP contribution is 2.20.